The smallest absolute Gasteiger partial charge is 0.264 e. The first-order chi connectivity index (χ1) is 15.0. The summed E-state index contributed by atoms with van der Waals surface area (Å²) in [4.78, 5) is 19.4. The molecule has 0 saturated heterocycles. The van der Waals surface area contributed by atoms with E-state index in [2.05, 4.69) is 4.98 Å². The van der Waals surface area contributed by atoms with Crippen LogP contribution in [0.3, 0.4) is 0 Å². The van der Waals surface area contributed by atoms with Gasteiger partial charge in [-0.15, -0.1) is 0 Å². The van der Waals surface area contributed by atoms with Gasteiger partial charge in [0, 0.05) is 37.1 Å². The molecule has 1 fully saturated rings. The first-order valence-electron chi connectivity index (χ1n) is 10.4. The molecule has 0 unspecified atom stereocenters. The van der Waals surface area contributed by atoms with Gasteiger partial charge in [-0.2, -0.15) is 0 Å². The van der Waals surface area contributed by atoms with Crippen LogP contribution in [0.1, 0.15) is 34.3 Å². The number of rotatable bonds is 6. The number of hydrogen-bond acceptors (Lipinski definition) is 4. The molecular weight excluding hydrogens is 410 g/mol. The molecule has 1 aliphatic heterocycles. The van der Waals surface area contributed by atoms with E-state index in [1.807, 2.05) is 41.3 Å². The molecule has 31 heavy (non-hydrogen) atoms. The third kappa shape index (κ3) is 3.81. The van der Waals surface area contributed by atoms with Crippen molar-refractivity contribution in [3.05, 3.63) is 89.7 Å². The van der Waals surface area contributed by atoms with Gasteiger partial charge in [-0.1, -0.05) is 30.3 Å². The zero-order valence-corrected chi connectivity index (χ0v) is 17.8. The summed E-state index contributed by atoms with van der Waals surface area (Å²) in [5, 5.41) is 0. The minimum absolute atomic E-state index is 0.146. The molecule has 2 aromatic carbocycles. The van der Waals surface area contributed by atoms with E-state index >= 15 is 0 Å². The molecule has 7 heteroatoms. The summed E-state index contributed by atoms with van der Waals surface area (Å²) in [5.74, 6) is -0.148. The van der Waals surface area contributed by atoms with Gasteiger partial charge in [0.25, 0.3) is 15.9 Å². The second-order valence-corrected chi connectivity index (χ2v) is 9.87. The Balaban J connectivity index is 1.44. The van der Waals surface area contributed by atoms with E-state index in [0.29, 0.717) is 25.1 Å². The lowest BCUT2D eigenvalue weighted by atomic mass is 10.1. The predicted molar refractivity (Wildman–Crippen MR) is 118 cm³/mol. The summed E-state index contributed by atoms with van der Waals surface area (Å²) >= 11 is 0. The number of sulfonamides is 1. The van der Waals surface area contributed by atoms with Crippen LogP contribution >= 0.6 is 0 Å². The van der Waals surface area contributed by atoms with Crippen molar-refractivity contribution in [1.82, 2.24) is 9.88 Å². The maximum atomic E-state index is 13.4. The summed E-state index contributed by atoms with van der Waals surface area (Å²) in [5.41, 5.74) is 3.09. The summed E-state index contributed by atoms with van der Waals surface area (Å²) < 4.78 is 28.2. The highest BCUT2D eigenvalue weighted by molar-refractivity contribution is 7.92. The van der Waals surface area contributed by atoms with Crippen LogP contribution in [0.4, 0.5) is 5.69 Å². The SMILES string of the molecule is O=C(c1cccc(S(=O)(=O)N2CCc3ccccc32)c1)N(Cc1cccnc1)C1CC1. The molecule has 1 saturated carbocycles. The van der Waals surface area contributed by atoms with E-state index < -0.39 is 10.0 Å². The second kappa shape index (κ2) is 7.81. The Hall–Kier alpha value is -3.19. The molecule has 6 nitrogen and oxygen atoms in total. The quantitative estimate of drug-likeness (QED) is 0.595. The van der Waals surface area contributed by atoms with E-state index in [0.717, 1.165) is 29.7 Å². The van der Waals surface area contributed by atoms with Crippen molar-refractivity contribution < 1.29 is 13.2 Å². The van der Waals surface area contributed by atoms with Crippen molar-refractivity contribution in [3.8, 4) is 0 Å². The number of carbonyl (C=O) groups excluding carboxylic acids is 1. The summed E-state index contributed by atoms with van der Waals surface area (Å²) in [6, 6.07) is 18.0. The fraction of sp³-hybridized carbons (Fsp3) is 0.250. The number of benzene rings is 2. The highest BCUT2D eigenvalue weighted by Gasteiger charge is 2.34. The number of fused-ring (bicyclic) bond motifs is 1. The van der Waals surface area contributed by atoms with E-state index in [4.69, 9.17) is 0 Å². The zero-order chi connectivity index (χ0) is 21.4. The van der Waals surface area contributed by atoms with Gasteiger partial charge < -0.3 is 4.90 Å². The standard InChI is InChI=1S/C24H23N3O3S/c28-24(26(21-10-11-21)17-18-5-4-13-25-16-18)20-7-3-8-22(15-20)31(29,30)27-14-12-19-6-1-2-9-23(19)27/h1-9,13,15-16,21H,10-12,14,17H2. The first-order valence-corrected chi connectivity index (χ1v) is 11.9. The van der Waals surface area contributed by atoms with Crippen LogP contribution in [-0.2, 0) is 23.0 Å². The fourth-order valence-corrected chi connectivity index (χ4v) is 5.63. The monoisotopic (exact) mass is 433 g/mol. The lowest BCUT2D eigenvalue weighted by Crippen LogP contribution is -2.33. The molecule has 1 amide bonds. The third-order valence-corrected chi connectivity index (χ3v) is 7.65. The Labute approximate surface area is 182 Å². The number of nitrogens with zero attached hydrogens (tertiary/aromatic N) is 3. The second-order valence-electron chi connectivity index (χ2n) is 8.01. The molecular formula is C24H23N3O3S. The minimum Gasteiger partial charge on any atom is -0.331 e. The van der Waals surface area contributed by atoms with Crippen LogP contribution in [0.15, 0.2) is 78.0 Å². The zero-order valence-electron chi connectivity index (χ0n) is 17.0. The molecule has 0 atom stereocenters. The van der Waals surface area contributed by atoms with Crippen LogP contribution in [0.25, 0.3) is 0 Å². The topological polar surface area (TPSA) is 70.6 Å². The van der Waals surface area contributed by atoms with Crippen molar-refractivity contribution in [2.24, 2.45) is 0 Å². The molecule has 2 aliphatic rings. The molecule has 5 rings (SSSR count). The number of para-hydroxylation sites is 1. The Morgan fingerprint density at radius 1 is 1.06 bits per heavy atom. The summed E-state index contributed by atoms with van der Waals surface area (Å²) in [6.45, 7) is 0.878. The lowest BCUT2D eigenvalue weighted by Gasteiger charge is -2.23. The van der Waals surface area contributed by atoms with Gasteiger partial charge >= 0.3 is 0 Å². The van der Waals surface area contributed by atoms with Gasteiger partial charge in [0.15, 0.2) is 0 Å². The molecule has 0 N–H and O–H groups in total. The molecule has 0 bridgehead atoms. The summed E-state index contributed by atoms with van der Waals surface area (Å²) in [6.07, 6.45) is 6.09. The summed E-state index contributed by atoms with van der Waals surface area (Å²) in [7, 11) is -3.74. The van der Waals surface area contributed by atoms with Crippen molar-refractivity contribution in [2.45, 2.75) is 36.7 Å². The molecule has 1 aliphatic carbocycles. The van der Waals surface area contributed by atoms with Gasteiger partial charge in [-0.25, -0.2) is 8.42 Å². The number of aromatic nitrogens is 1. The van der Waals surface area contributed by atoms with Crippen LogP contribution < -0.4 is 4.31 Å². The molecule has 2 heterocycles. The average molecular weight is 434 g/mol. The Morgan fingerprint density at radius 3 is 2.68 bits per heavy atom. The van der Waals surface area contributed by atoms with Crippen molar-refractivity contribution in [1.29, 1.82) is 0 Å². The number of amides is 1. The van der Waals surface area contributed by atoms with Gasteiger partial charge in [0.2, 0.25) is 0 Å². The third-order valence-electron chi connectivity index (χ3n) is 5.84. The van der Waals surface area contributed by atoms with E-state index in [1.54, 1.807) is 30.6 Å². The average Bonchev–Trinajstić information content (AvgIpc) is 3.55. The molecule has 0 radical (unpaired) electrons. The van der Waals surface area contributed by atoms with Crippen LogP contribution in [0.5, 0.6) is 0 Å². The van der Waals surface area contributed by atoms with E-state index in [9.17, 15) is 13.2 Å². The van der Waals surface area contributed by atoms with Gasteiger partial charge in [-0.05, 0) is 60.7 Å². The molecule has 0 spiro atoms. The van der Waals surface area contributed by atoms with Gasteiger partial charge in [-0.3, -0.25) is 14.1 Å². The molecule has 3 aromatic rings. The van der Waals surface area contributed by atoms with E-state index in [-0.39, 0.29) is 16.8 Å². The number of hydrogen-bond donors (Lipinski definition) is 0. The van der Waals surface area contributed by atoms with Crippen LogP contribution in [-0.4, -0.2) is 36.8 Å². The van der Waals surface area contributed by atoms with Crippen molar-refractivity contribution in [2.75, 3.05) is 10.8 Å². The fourth-order valence-electron chi connectivity index (χ4n) is 4.08. The number of anilines is 1. The molecule has 1 aromatic heterocycles. The van der Waals surface area contributed by atoms with Crippen molar-refractivity contribution >= 4 is 21.6 Å². The number of carbonyl (C=O) groups is 1. The maximum absolute atomic E-state index is 13.4. The lowest BCUT2D eigenvalue weighted by molar-refractivity contribution is 0.0729. The van der Waals surface area contributed by atoms with Gasteiger partial charge in [0.1, 0.15) is 0 Å². The minimum atomic E-state index is -3.74. The van der Waals surface area contributed by atoms with Gasteiger partial charge in [0.05, 0.1) is 10.6 Å². The Morgan fingerprint density at radius 2 is 1.90 bits per heavy atom. The maximum Gasteiger partial charge on any atom is 0.264 e. The van der Waals surface area contributed by atoms with Crippen LogP contribution in [0, 0.1) is 0 Å². The number of pyridine rings is 1. The Kier molecular flexibility index (Phi) is 4.98. The highest BCUT2D eigenvalue weighted by atomic mass is 32.2. The predicted octanol–water partition coefficient (Wildman–Crippen LogP) is 3.64. The Bertz CT molecular complexity index is 1220. The largest absolute Gasteiger partial charge is 0.331 e. The first kappa shape index (κ1) is 19.8. The highest BCUT2D eigenvalue weighted by Crippen LogP contribution is 2.34. The normalized spacial score (nSPS) is 15.5. The molecule has 158 valence electrons. The van der Waals surface area contributed by atoms with Crippen LogP contribution in [0.2, 0.25) is 0 Å². The van der Waals surface area contributed by atoms with E-state index in [1.165, 1.54) is 10.4 Å². The van der Waals surface area contributed by atoms with Crippen molar-refractivity contribution in [3.63, 3.8) is 0 Å².